The van der Waals surface area contributed by atoms with Gasteiger partial charge in [-0.2, -0.15) is 0 Å². The lowest BCUT2D eigenvalue weighted by molar-refractivity contribution is 0.742. The van der Waals surface area contributed by atoms with E-state index in [1.54, 1.807) is 28.5 Å². The zero-order valence-electron chi connectivity index (χ0n) is 13.0. The summed E-state index contributed by atoms with van der Waals surface area (Å²) >= 11 is 7.70. The van der Waals surface area contributed by atoms with Crippen molar-refractivity contribution in [2.45, 2.75) is 19.0 Å². The Morgan fingerprint density at radius 2 is 1.96 bits per heavy atom. The van der Waals surface area contributed by atoms with E-state index in [0.29, 0.717) is 21.5 Å². The van der Waals surface area contributed by atoms with Crippen molar-refractivity contribution < 1.29 is 0 Å². The molecule has 0 saturated carbocycles. The molecule has 3 aromatic rings. The average Bonchev–Trinajstić information content (AvgIpc) is 2.53. The number of aromatic nitrogens is 2. The van der Waals surface area contributed by atoms with E-state index in [9.17, 15) is 4.79 Å². The first kappa shape index (κ1) is 16.1. The number of hydrogen-bond donors (Lipinski definition) is 0. The summed E-state index contributed by atoms with van der Waals surface area (Å²) in [7, 11) is 0. The third kappa shape index (κ3) is 3.43. The number of nitrogens with zero attached hydrogens (tertiary/aromatic N) is 2. The van der Waals surface area contributed by atoms with Crippen molar-refractivity contribution >= 4 is 34.3 Å². The van der Waals surface area contributed by atoms with E-state index < -0.39 is 0 Å². The molecule has 0 fully saturated rings. The number of rotatable bonds is 4. The van der Waals surface area contributed by atoms with Crippen LogP contribution in [0.2, 0.25) is 5.02 Å². The number of hydrogen-bond acceptors (Lipinski definition) is 3. The molecule has 2 aromatic carbocycles. The highest BCUT2D eigenvalue weighted by Gasteiger charge is 2.13. The van der Waals surface area contributed by atoms with Crippen molar-refractivity contribution in [1.29, 1.82) is 0 Å². The number of halogens is 1. The zero-order valence-corrected chi connectivity index (χ0v) is 14.6. The third-order valence-electron chi connectivity index (χ3n) is 3.36. The number of thioether (sulfide) groups is 1. The summed E-state index contributed by atoms with van der Waals surface area (Å²) in [6.07, 6.45) is 0. The van der Waals surface area contributed by atoms with E-state index in [-0.39, 0.29) is 5.56 Å². The van der Waals surface area contributed by atoms with Gasteiger partial charge in [-0.15, -0.1) is 0 Å². The first-order valence-corrected chi connectivity index (χ1v) is 8.83. The molecule has 0 radical (unpaired) electrons. The van der Waals surface area contributed by atoms with Crippen LogP contribution in [0.5, 0.6) is 0 Å². The van der Waals surface area contributed by atoms with E-state index in [0.717, 1.165) is 17.0 Å². The molecule has 0 atom stereocenters. The second-order valence-corrected chi connectivity index (χ2v) is 7.16. The molecule has 0 bridgehead atoms. The standard InChI is InChI=1S/C18H17ClN2OS/c1-12(2)11-23-18-20-16-9-4-3-8-15(16)17(22)21(18)14-7-5-6-13(19)10-14/h3-10,12H,11H2,1-2H3. The molecule has 1 aromatic heterocycles. The zero-order chi connectivity index (χ0) is 16.4. The predicted molar refractivity (Wildman–Crippen MR) is 97.9 cm³/mol. The Morgan fingerprint density at radius 1 is 1.17 bits per heavy atom. The topological polar surface area (TPSA) is 34.9 Å². The van der Waals surface area contributed by atoms with Crippen molar-refractivity contribution in [3.05, 3.63) is 63.9 Å². The van der Waals surface area contributed by atoms with Gasteiger partial charge in [-0.1, -0.05) is 55.4 Å². The fourth-order valence-corrected chi connectivity index (χ4v) is 3.44. The van der Waals surface area contributed by atoms with Crippen LogP contribution in [0.4, 0.5) is 0 Å². The lowest BCUT2D eigenvalue weighted by Crippen LogP contribution is -2.22. The molecule has 0 spiro atoms. The van der Waals surface area contributed by atoms with Gasteiger partial charge in [0, 0.05) is 10.8 Å². The smallest absolute Gasteiger partial charge is 0.266 e. The highest BCUT2D eigenvalue weighted by molar-refractivity contribution is 7.99. The van der Waals surface area contributed by atoms with Gasteiger partial charge >= 0.3 is 0 Å². The van der Waals surface area contributed by atoms with Crippen LogP contribution in [0.25, 0.3) is 16.6 Å². The van der Waals surface area contributed by atoms with Gasteiger partial charge in [-0.25, -0.2) is 4.98 Å². The summed E-state index contributed by atoms with van der Waals surface area (Å²) < 4.78 is 1.65. The van der Waals surface area contributed by atoms with Crippen LogP contribution >= 0.6 is 23.4 Å². The maximum absolute atomic E-state index is 13.0. The Bertz CT molecular complexity index is 905. The lowest BCUT2D eigenvalue weighted by atomic mass is 10.2. The normalized spacial score (nSPS) is 11.3. The van der Waals surface area contributed by atoms with Gasteiger partial charge < -0.3 is 0 Å². The van der Waals surface area contributed by atoms with Gasteiger partial charge in [0.25, 0.3) is 5.56 Å². The molecule has 0 saturated heterocycles. The molecule has 0 aliphatic carbocycles. The Balaban J connectivity index is 2.25. The fraction of sp³-hybridized carbons (Fsp3) is 0.222. The summed E-state index contributed by atoms with van der Waals surface area (Å²) in [5.74, 6) is 1.40. The lowest BCUT2D eigenvalue weighted by Gasteiger charge is -2.14. The van der Waals surface area contributed by atoms with Crippen LogP contribution in [0.1, 0.15) is 13.8 Å². The Hall–Kier alpha value is -1.78. The molecule has 118 valence electrons. The minimum Gasteiger partial charge on any atom is -0.268 e. The Labute approximate surface area is 144 Å². The van der Waals surface area contributed by atoms with Crippen LogP contribution in [0, 0.1) is 5.92 Å². The van der Waals surface area contributed by atoms with Crippen molar-refractivity contribution in [3.63, 3.8) is 0 Å². The number of benzene rings is 2. The minimum atomic E-state index is -0.0656. The van der Waals surface area contributed by atoms with E-state index in [2.05, 4.69) is 13.8 Å². The molecule has 5 heteroatoms. The van der Waals surface area contributed by atoms with Gasteiger partial charge in [-0.05, 0) is 36.2 Å². The monoisotopic (exact) mass is 344 g/mol. The summed E-state index contributed by atoms with van der Waals surface area (Å²) in [4.78, 5) is 17.7. The first-order valence-electron chi connectivity index (χ1n) is 7.47. The second kappa shape index (κ2) is 6.77. The molecule has 0 N–H and O–H groups in total. The van der Waals surface area contributed by atoms with Crippen molar-refractivity contribution in [2.24, 2.45) is 5.92 Å². The van der Waals surface area contributed by atoms with Gasteiger partial charge in [0.15, 0.2) is 5.16 Å². The highest BCUT2D eigenvalue weighted by atomic mass is 35.5. The van der Waals surface area contributed by atoms with Crippen molar-refractivity contribution in [3.8, 4) is 5.69 Å². The molecule has 3 nitrogen and oxygen atoms in total. The highest BCUT2D eigenvalue weighted by Crippen LogP contribution is 2.24. The second-order valence-electron chi connectivity index (χ2n) is 5.74. The van der Waals surface area contributed by atoms with Gasteiger partial charge in [0.1, 0.15) is 0 Å². The average molecular weight is 345 g/mol. The van der Waals surface area contributed by atoms with E-state index in [1.807, 2.05) is 36.4 Å². The molecule has 1 heterocycles. The molecule has 0 unspecified atom stereocenters. The summed E-state index contributed by atoms with van der Waals surface area (Å²) in [5, 5.41) is 1.91. The first-order chi connectivity index (χ1) is 11.1. The fourth-order valence-electron chi connectivity index (χ4n) is 2.29. The molecular weight excluding hydrogens is 328 g/mol. The Morgan fingerprint density at radius 3 is 2.70 bits per heavy atom. The van der Waals surface area contributed by atoms with Crippen molar-refractivity contribution in [1.82, 2.24) is 9.55 Å². The van der Waals surface area contributed by atoms with Gasteiger partial charge in [-0.3, -0.25) is 9.36 Å². The SMILES string of the molecule is CC(C)CSc1nc2ccccc2c(=O)n1-c1cccc(Cl)c1. The van der Waals surface area contributed by atoms with Gasteiger partial charge in [0.2, 0.25) is 0 Å². The molecule has 0 aliphatic heterocycles. The number of para-hydroxylation sites is 1. The summed E-state index contributed by atoms with van der Waals surface area (Å²) in [5.41, 5.74) is 1.40. The summed E-state index contributed by atoms with van der Waals surface area (Å²) in [6, 6.07) is 14.7. The Kier molecular flexibility index (Phi) is 4.74. The summed E-state index contributed by atoms with van der Waals surface area (Å²) in [6.45, 7) is 4.30. The maximum Gasteiger partial charge on any atom is 0.266 e. The molecule has 0 aliphatic rings. The predicted octanol–water partition coefficient (Wildman–Crippen LogP) is 4.79. The molecule has 23 heavy (non-hydrogen) atoms. The van der Waals surface area contributed by atoms with Crippen LogP contribution < -0.4 is 5.56 Å². The van der Waals surface area contributed by atoms with Crippen LogP contribution in [0.3, 0.4) is 0 Å². The van der Waals surface area contributed by atoms with Gasteiger partial charge in [0.05, 0.1) is 16.6 Å². The van der Waals surface area contributed by atoms with E-state index in [1.165, 1.54) is 0 Å². The van der Waals surface area contributed by atoms with Crippen LogP contribution in [0.15, 0.2) is 58.5 Å². The molecule has 3 rings (SSSR count). The maximum atomic E-state index is 13.0. The van der Waals surface area contributed by atoms with Crippen LogP contribution in [-0.2, 0) is 0 Å². The van der Waals surface area contributed by atoms with E-state index in [4.69, 9.17) is 16.6 Å². The van der Waals surface area contributed by atoms with Crippen LogP contribution in [-0.4, -0.2) is 15.3 Å². The third-order valence-corrected chi connectivity index (χ3v) is 4.96. The largest absolute Gasteiger partial charge is 0.268 e. The number of fused-ring (bicyclic) bond motifs is 1. The van der Waals surface area contributed by atoms with E-state index >= 15 is 0 Å². The minimum absolute atomic E-state index is 0.0656. The van der Waals surface area contributed by atoms with Crippen molar-refractivity contribution in [2.75, 3.05) is 5.75 Å². The quantitative estimate of drug-likeness (QED) is 0.504. The molecular formula is C18H17ClN2OS. The molecule has 0 amide bonds.